The maximum absolute atomic E-state index is 14.0. The largest absolute Gasteiger partial charge is 0.508 e. The van der Waals surface area contributed by atoms with Crippen LogP contribution in [0.25, 0.3) is 0 Å². The molecule has 1 aliphatic carbocycles. The number of carbonyl (C=O) groups is 3. The quantitative estimate of drug-likeness (QED) is 0.0630. The summed E-state index contributed by atoms with van der Waals surface area (Å²) in [5.41, 5.74) is -1.19. The van der Waals surface area contributed by atoms with Crippen molar-refractivity contribution in [3.05, 3.63) is 99.6 Å². The van der Waals surface area contributed by atoms with Gasteiger partial charge in [-0.2, -0.15) is 0 Å². The summed E-state index contributed by atoms with van der Waals surface area (Å²) in [5.74, 6) is -18.6. The van der Waals surface area contributed by atoms with Crippen LogP contribution in [0.4, 0.5) is 0 Å². The van der Waals surface area contributed by atoms with Crippen molar-refractivity contribution >= 4 is 17.5 Å². The molecular formula is C44H34O20. The van der Waals surface area contributed by atoms with Crippen molar-refractivity contribution in [3.8, 4) is 86.2 Å². The topological polar surface area (TPSA) is 351 Å². The zero-order chi connectivity index (χ0) is 45.8. The Bertz CT molecular complexity index is 2870. The molecule has 0 aromatic heterocycles. The normalized spacial score (nSPS) is 22.7. The molecular weight excluding hydrogens is 848 g/mol. The van der Waals surface area contributed by atoms with Gasteiger partial charge in [-0.25, -0.2) is 4.79 Å². The molecule has 0 amide bonds. The molecule has 64 heavy (non-hydrogen) atoms. The molecule has 3 heterocycles. The lowest BCUT2D eigenvalue weighted by molar-refractivity contribution is -0.163. The van der Waals surface area contributed by atoms with Crippen LogP contribution in [0.3, 0.4) is 0 Å². The van der Waals surface area contributed by atoms with E-state index in [1.807, 2.05) is 0 Å². The van der Waals surface area contributed by atoms with Crippen LogP contribution < -0.4 is 14.2 Å². The number of benzene rings is 5. The molecule has 20 heteroatoms. The van der Waals surface area contributed by atoms with Gasteiger partial charge in [-0.1, -0.05) is 0 Å². The number of fused-ring (bicyclic) bond motifs is 5. The van der Waals surface area contributed by atoms with Gasteiger partial charge in [0.2, 0.25) is 11.5 Å². The van der Waals surface area contributed by atoms with Crippen LogP contribution in [0.15, 0.2) is 66.2 Å². The highest BCUT2D eigenvalue weighted by molar-refractivity contribution is 6.03. The van der Waals surface area contributed by atoms with E-state index in [0.717, 1.165) is 60.7 Å². The van der Waals surface area contributed by atoms with E-state index in [1.165, 1.54) is 0 Å². The van der Waals surface area contributed by atoms with Gasteiger partial charge >= 0.3 is 5.97 Å². The molecule has 0 fully saturated rings. The van der Waals surface area contributed by atoms with Crippen molar-refractivity contribution in [2.75, 3.05) is 0 Å². The average molecular weight is 883 g/mol. The van der Waals surface area contributed by atoms with Crippen molar-refractivity contribution in [3.63, 3.8) is 0 Å². The maximum atomic E-state index is 14.0. The predicted octanol–water partition coefficient (Wildman–Crippen LogP) is 3.62. The Morgan fingerprint density at radius 2 is 1.14 bits per heavy atom. The Morgan fingerprint density at radius 3 is 1.72 bits per heavy atom. The summed E-state index contributed by atoms with van der Waals surface area (Å²) in [7, 11) is 0. The van der Waals surface area contributed by atoms with Gasteiger partial charge in [0.25, 0.3) is 5.79 Å². The number of ether oxygens (including phenoxy) is 4. The Hall–Kier alpha value is -8.39. The van der Waals surface area contributed by atoms with E-state index in [0.29, 0.717) is 0 Å². The van der Waals surface area contributed by atoms with Crippen LogP contribution in [0.2, 0.25) is 0 Å². The number of hydrogen-bond donors (Lipinski definition) is 13. The van der Waals surface area contributed by atoms with Gasteiger partial charge in [-0.05, 0) is 48.4 Å². The van der Waals surface area contributed by atoms with E-state index in [9.17, 15) is 80.8 Å². The molecule has 0 saturated heterocycles. The third-order valence-electron chi connectivity index (χ3n) is 11.8. The molecule has 0 radical (unpaired) electrons. The van der Waals surface area contributed by atoms with Crippen molar-refractivity contribution < 1.29 is 99.7 Å². The van der Waals surface area contributed by atoms with Crippen LogP contribution in [0, 0.1) is 5.92 Å². The molecule has 330 valence electrons. The Labute approximate surface area is 357 Å². The van der Waals surface area contributed by atoms with Crippen LogP contribution in [0.1, 0.15) is 61.4 Å². The monoisotopic (exact) mass is 882 g/mol. The molecule has 3 aliphatic heterocycles. The standard InChI is InChI=1S/C44H34O20/c45-17-7-24(48)19-1-15(4-23(47)14-2-26(50)37(56)27(51)3-14)40(61-31(19)9-17)22-13-34(55)44(60)36(22)35-21(11-30(54)39(58)42(35)64-44)41-33(12-20-25(49)8-18(46)10-32(20)62-41)63-43(59)16-5-28(52)38(57)29(53)6-16/h2-3,5-11,13,15,33,36,40-41,45-46,48-54,56-58,60H,1,4,12H2/t15-,33+,36?,40-,41+,44?/m0/s1. The van der Waals surface area contributed by atoms with Gasteiger partial charge in [0, 0.05) is 70.8 Å². The Balaban J connectivity index is 1.18. The lowest BCUT2D eigenvalue weighted by Gasteiger charge is -2.38. The number of Topliss-reactive ketones (excluding diaryl/α,β-unsaturated/α-hetero) is 1. The third-order valence-corrected chi connectivity index (χ3v) is 11.8. The Kier molecular flexibility index (Phi) is 9.19. The molecule has 6 atom stereocenters. The van der Waals surface area contributed by atoms with Gasteiger partial charge in [0.15, 0.2) is 57.9 Å². The maximum Gasteiger partial charge on any atom is 0.338 e. The van der Waals surface area contributed by atoms with E-state index >= 15 is 0 Å². The van der Waals surface area contributed by atoms with Crippen LogP contribution in [-0.4, -0.2) is 102 Å². The van der Waals surface area contributed by atoms with Gasteiger partial charge in [-0.3, -0.25) is 9.59 Å². The van der Waals surface area contributed by atoms with E-state index in [4.69, 9.17) is 18.9 Å². The fourth-order valence-electron chi connectivity index (χ4n) is 8.80. The summed E-state index contributed by atoms with van der Waals surface area (Å²) in [5, 5.41) is 137. The van der Waals surface area contributed by atoms with Crippen molar-refractivity contribution in [1.82, 2.24) is 0 Å². The van der Waals surface area contributed by atoms with E-state index in [1.54, 1.807) is 0 Å². The highest BCUT2D eigenvalue weighted by Gasteiger charge is 2.63. The minimum atomic E-state index is -2.90. The van der Waals surface area contributed by atoms with Crippen molar-refractivity contribution in [2.45, 2.75) is 49.3 Å². The fourth-order valence-corrected chi connectivity index (χ4v) is 8.80. The second-order valence-electron chi connectivity index (χ2n) is 15.7. The first-order valence-electron chi connectivity index (χ1n) is 19.2. The molecule has 5 aromatic rings. The van der Waals surface area contributed by atoms with Crippen molar-refractivity contribution in [2.24, 2.45) is 5.92 Å². The summed E-state index contributed by atoms with van der Waals surface area (Å²) >= 11 is 0. The first-order chi connectivity index (χ1) is 30.2. The number of phenols is 12. The molecule has 0 spiro atoms. The van der Waals surface area contributed by atoms with Crippen LogP contribution >= 0.6 is 0 Å². The molecule has 2 unspecified atom stereocenters. The number of carbonyl (C=O) groups excluding carboxylic acids is 3. The second-order valence-corrected chi connectivity index (χ2v) is 15.7. The average Bonchev–Trinajstić information content (AvgIpc) is 3.68. The third kappa shape index (κ3) is 6.37. The van der Waals surface area contributed by atoms with Crippen molar-refractivity contribution in [1.29, 1.82) is 0 Å². The molecule has 4 aliphatic rings. The smallest absolute Gasteiger partial charge is 0.338 e. The predicted molar refractivity (Wildman–Crippen MR) is 210 cm³/mol. The zero-order valence-electron chi connectivity index (χ0n) is 32.5. The SMILES string of the molecule is O=C(C[C@@H]1Cc2c(O)cc(O)cc2O[C@@H]1C1=CC(=O)C2(O)Oc3c(O)c(O)cc([C@H]4Oc5cc(O)cc(O)c5C[C@H]4OC(=O)c4cc(O)c(O)c(O)c4)c3C12)c1cc(O)c(O)c(O)c1. The number of phenolic OH excluding ortho intramolecular Hbond substituents is 12. The molecule has 5 aromatic carbocycles. The second kappa shape index (κ2) is 14.3. The lowest BCUT2D eigenvalue weighted by atomic mass is 9.76. The van der Waals surface area contributed by atoms with Gasteiger partial charge < -0.3 is 85.3 Å². The first-order valence-corrected chi connectivity index (χ1v) is 19.2. The highest BCUT2D eigenvalue weighted by Crippen LogP contribution is 2.61. The zero-order valence-corrected chi connectivity index (χ0v) is 32.5. The molecule has 0 saturated carbocycles. The number of aromatic hydroxyl groups is 12. The van der Waals surface area contributed by atoms with Gasteiger partial charge in [-0.15, -0.1) is 0 Å². The summed E-state index contributed by atoms with van der Waals surface area (Å²) in [6, 6.07) is 8.60. The van der Waals surface area contributed by atoms with Crippen LogP contribution in [-0.2, 0) is 22.4 Å². The van der Waals surface area contributed by atoms with Gasteiger partial charge in [0.05, 0.1) is 11.5 Å². The number of aliphatic hydroxyl groups is 1. The fraction of sp³-hybridized carbons (Fsp3) is 0.205. The summed E-state index contributed by atoms with van der Waals surface area (Å²) in [6.07, 6.45) is -4.79. The molecule has 0 bridgehead atoms. The molecule has 9 rings (SSSR count). The summed E-state index contributed by atoms with van der Waals surface area (Å²) in [4.78, 5) is 41.5. The molecule has 13 N–H and O–H groups in total. The number of rotatable bonds is 7. The van der Waals surface area contributed by atoms with E-state index < -0.39 is 147 Å². The van der Waals surface area contributed by atoms with E-state index in [-0.39, 0.29) is 51.3 Å². The van der Waals surface area contributed by atoms with Gasteiger partial charge in [0.1, 0.15) is 46.7 Å². The number of esters is 1. The Morgan fingerprint density at radius 1 is 0.625 bits per heavy atom. The lowest BCUT2D eigenvalue weighted by Crippen LogP contribution is -2.45. The summed E-state index contributed by atoms with van der Waals surface area (Å²) in [6.45, 7) is 0. The minimum absolute atomic E-state index is 0.0100. The molecule has 20 nitrogen and oxygen atoms in total. The first kappa shape index (κ1) is 41.0. The number of hydrogen-bond acceptors (Lipinski definition) is 20. The summed E-state index contributed by atoms with van der Waals surface area (Å²) < 4.78 is 24.2. The van der Waals surface area contributed by atoms with Crippen LogP contribution in [0.5, 0.6) is 86.2 Å². The minimum Gasteiger partial charge on any atom is -0.508 e. The number of ketones is 2. The van der Waals surface area contributed by atoms with E-state index in [2.05, 4.69) is 0 Å². The highest BCUT2D eigenvalue weighted by atomic mass is 16.6.